The van der Waals surface area contributed by atoms with Gasteiger partial charge in [-0.15, -0.1) is 0 Å². The van der Waals surface area contributed by atoms with E-state index in [9.17, 15) is 4.79 Å². The summed E-state index contributed by atoms with van der Waals surface area (Å²) in [5, 5.41) is 0. The fraction of sp³-hybridized carbons (Fsp3) is 0.429. The quantitative estimate of drug-likeness (QED) is 0.456. The molecule has 24 heavy (non-hydrogen) atoms. The monoisotopic (exact) mass is 325 g/mol. The van der Waals surface area contributed by atoms with Crippen LogP contribution < -0.4 is 0 Å². The third kappa shape index (κ3) is 6.15. The molecule has 0 saturated heterocycles. The van der Waals surface area contributed by atoms with Gasteiger partial charge < -0.3 is 4.74 Å². The van der Waals surface area contributed by atoms with Crippen LogP contribution in [0, 0.1) is 0 Å². The summed E-state index contributed by atoms with van der Waals surface area (Å²) in [7, 11) is 1.41. The largest absolute Gasteiger partial charge is 0.465 e. The van der Waals surface area contributed by atoms with Gasteiger partial charge in [0, 0.05) is 6.20 Å². The Balaban J connectivity index is 1.58. The first kappa shape index (κ1) is 18.2. The Labute approximate surface area is 145 Å². The van der Waals surface area contributed by atoms with Gasteiger partial charge in [0.15, 0.2) is 0 Å². The summed E-state index contributed by atoms with van der Waals surface area (Å²) in [6, 6.07) is 14.2. The van der Waals surface area contributed by atoms with Gasteiger partial charge in [0.1, 0.15) is 0 Å². The average molecular weight is 325 g/mol. The fourth-order valence-electron chi connectivity index (χ4n) is 2.91. The lowest BCUT2D eigenvalue weighted by Gasteiger charge is -2.06. The minimum absolute atomic E-state index is 0.293. The Morgan fingerprint density at radius 2 is 1.54 bits per heavy atom. The minimum atomic E-state index is -0.293. The van der Waals surface area contributed by atoms with Crippen molar-refractivity contribution in [3.8, 4) is 0 Å². The summed E-state index contributed by atoms with van der Waals surface area (Å²) in [4.78, 5) is 16.0. The Bertz CT molecular complexity index is 610. The molecule has 0 atom stereocenters. The number of carbonyl (C=O) groups is 1. The smallest absolute Gasteiger partial charge is 0.339 e. The molecule has 0 N–H and O–H groups in total. The molecular weight excluding hydrogens is 298 g/mol. The summed E-state index contributed by atoms with van der Waals surface area (Å²) < 4.78 is 4.81. The third-order valence-electron chi connectivity index (χ3n) is 4.27. The van der Waals surface area contributed by atoms with Gasteiger partial charge >= 0.3 is 5.97 Å². The number of pyridine rings is 1. The van der Waals surface area contributed by atoms with Gasteiger partial charge in [-0.1, -0.05) is 56.0 Å². The zero-order valence-corrected chi connectivity index (χ0v) is 14.5. The maximum atomic E-state index is 11.7. The Morgan fingerprint density at radius 3 is 2.25 bits per heavy atom. The number of aromatic nitrogens is 1. The first-order chi connectivity index (χ1) is 11.8. The second kappa shape index (κ2) is 10.6. The predicted octanol–water partition coefficient (Wildman–Crippen LogP) is 4.99. The normalized spacial score (nSPS) is 10.5. The topological polar surface area (TPSA) is 39.2 Å². The molecule has 128 valence electrons. The van der Waals surface area contributed by atoms with Crippen molar-refractivity contribution in [2.24, 2.45) is 0 Å². The molecule has 1 aromatic heterocycles. The molecular formula is C21H27NO2. The van der Waals surface area contributed by atoms with Gasteiger partial charge in [0.25, 0.3) is 0 Å². The van der Waals surface area contributed by atoms with Crippen LogP contribution in [-0.2, 0) is 17.6 Å². The number of benzene rings is 1. The van der Waals surface area contributed by atoms with E-state index in [1.807, 2.05) is 0 Å². The number of esters is 1. The second-order valence-corrected chi connectivity index (χ2v) is 6.10. The molecule has 0 unspecified atom stereocenters. The lowest BCUT2D eigenvalue weighted by molar-refractivity contribution is 0.0599. The van der Waals surface area contributed by atoms with Crippen molar-refractivity contribution in [3.63, 3.8) is 0 Å². The van der Waals surface area contributed by atoms with Gasteiger partial charge in [-0.25, -0.2) is 4.79 Å². The number of rotatable bonds is 10. The molecule has 1 aromatic carbocycles. The van der Waals surface area contributed by atoms with Crippen LogP contribution in [0.1, 0.15) is 60.1 Å². The van der Waals surface area contributed by atoms with Crippen molar-refractivity contribution in [1.82, 2.24) is 4.98 Å². The molecule has 0 aliphatic heterocycles. The number of carbonyl (C=O) groups excluding carboxylic acids is 1. The molecule has 0 aliphatic rings. The van der Waals surface area contributed by atoms with Crippen molar-refractivity contribution >= 4 is 5.97 Å². The highest BCUT2D eigenvalue weighted by Crippen LogP contribution is 2.14. The van der Waals surface area contributed by atoms with E-state index in [-0.39, 0.29) is 5.97 Å². The van der Waals surface area contributed by atoms with E-state index >= 15 is 0 Å². The molecule has 0 saturated carbocycles. The molecule has 3 heteroatoms. The summed E-state index contributed by atoms with van der Waals surface area (Å²) in [5.74, 6) is -0.293. The summed E-state index contributed by atoms with van der Waals surface area (Å²) in [6.07, 6.45) is 11.1. The molecule has 0 radical (unpaired) electrons. The van der Waals surface area contributed by atoms with E-state index in [0.717, 1.165) is 18.5 Å². The number of aryl methyl sites for hydroxylation is 2. The molecule has 0 bridgehead atoms. The van der Waals surface area contributed by atoms with E-state index in [1.165, 1.54) is 51.2 Å². The summed E-state index contributed by atoms with van der Waals surface area (Å²) >= 11 is 0. The molecule has 2 aromatic rings. The SMILES string of the molecule is COC(=O)c1cccnc1CCCCCCCCc1ccccc1. The van der Waals surface area contributed by atoms with E-state index < -0.39 is 0 Å². The van der Waals surface area contributed by atoms with E-state index in [4.69, 9.17) is 4.74 Å². The van der Waals surface area contributed by atoms with Gasteiger partial charge in [0.05, 0.1) is 18.4 Å². The molecule has 0 amide bonds. The first-order valence-corrected chi connectivity index (χ1v) is 8.87. The van der Waals surface area contributed by atoms with Gasteiger partial charge in [0.2, 0.25) is 0 Å². The lowest BCUT2D eigenvalue weighted by Crippen LogP contribution is -2.07. The molecule has 3 nitrogen and oxygen atoms in total. The number of nitrogens with zero attached hydrogens (tertiary/aromatic N) is 1. The van der Waals surface area contributed by atoms with Crippen LogP contribution in [0.5, 0.6) is 0 Å². The Morgan fingerprint density at radius 1 is 0.875 bits per heavy atom. The number of hydrogen-bond acceptors (Lipinski definition) is 3. The molecule has 2 rings (SSSR count). The third-order valence-corrected chi connectivity index (χ3v) is 4.27. The highest BCUT2D eigenvalue weighted by molar-refractivity contribution is 5.90. The van der Waals surface area contributed by atoms with Crippen molar-refractivity contribution < 1.29 is 9.53 Å². The number of hydrogen-bond donors (Lipinski definition) is 0. The van der Waals surface area contributed by atoms with E-state index in [0.29, 0.717) is 5.56 Å². The number of methoxy groups -OCH3 is 1. The average Bonchev–Trinajstić information content (AvgIpc) is 2.64. The highest BCUT2D eigenvalue weighted by Gasteiger charge is 2.11. The Kier molecular flexibility index (Phi) is 8.02. The van der Waals surface area contributed by atoms with E-state index in [2.05, 4.69) is 35.3 Å². The number of unbranched alkanes of at least 4 members (excludes halogenated alkanes) is 5. The zero-order chi connectivity index (χ0) is 17.0. The molecule has 0 spiro atoms. The maximum Gasteiger partial charge on any atom is 0.339 e. The van der Waals surface area contributed by atoms with Gasteiger partial charge in [-0.3, -0.25) is 4.98 Å². The summed E-state index contributed by atoms with van der Waals surface area (Å²) in [6.45, 7) is 0. The van der Waals surface area contributed by atoms with Crippen LogP contribution in [0.25, 0.3) is 0 Å². The minimum Gasteiger partial charge on any atom is -0.465 e. The van der Waals surface area contributed by atoms with Crippen molar-refractivity contribution in [2.45, 2.75) is 51.4 Å². The van der Waals surface area contributed by atoms with Crippen LogP contribution >= 0.6 is 0 Å². The van der Waals surface area contributed by atoms with Gasteiger partial charge in [-0.05, 0) is 43.4 Å². The first-order valence-electron chi connectivity index (χ1n) is 8.87. The summed E-state index contributed by atoms with van der Waals surface area (Å²) in [5.41, 5.74) is 2.89. The second-order valence-electron chi connectivity index (χ2n) is 6.10. The van der Waals surface area contributed by atoms with Crippen LogP contribution in [0.3, 0.4) is 0 Å². The van der Waals surface area contributed by atoms with E-state index in [1.54, 1.807) is 18.3 Å². The number of ether oxygens (including phenoxy) is 1. The zero-order valence-electron chi connectivity index (χ0n) is 14.5. The highest BCUT2D eigenvalue weighted by atomic mass is 16.5. The van der Waals surface area contributed by atoms with Crippen molar-refractivity contribution in [1.29, 1.82) is 0 Å². The molecule has 0 aliphatic carbocycles. The van der Waals surface area contributed by atoms with Crippen LogP contribution in [0.15, 0.2) is 48.7 Å². The van der Waals surface area contributed by atoms with Crippen LogP contribution in [0.2, 0.25) is 0 Å². The van der Waals surface area contributed by atoms with Gasteiger partial charge in [-0.2, -0.15) is 0 Å². The van der Waals surface area contributed by atoms with Crippen LogP contribution in [-0.4, -0.2) is 18.1 Å². The van der Waals surface area contributed by atoms with Crippen molar-refractivity contribution in [3.05, 3.63) is 65.5 Å². The molecule has 0 fully saturated rings. The Hall–Kier alpha value is -2.16. The lowest BCUT2D eigenvalue weighted by atomic mass is 10.0. The predicted molar refractivity (Wildman–Crippen MR) is 97.1 cm³/mol. The maximum absolute atomic E-state index is 11.7. The molecule has 1 heterocycles. The standard InChI is InChI=1S/C21H27NO2/c1-24-21(23)19-15-11-17-22-20(19)16-10-5-3-2-4-7-12-18-13-8-6-9-14-18/h6,8-9,11,13-15,17H,2-5,7,10,12,16H2,1H3. The fourth-order valence-corrected chi connectivity index (χ4v) is 2.91. The van der Waals surface area contributed by atoms with Crippen LogP contribution in [0.4, 0.5) is 0 Å². The van der Waals surface area contributed by atoms with Crippen molar-refractivity contribution in [2.75, 3.05) is 7.11 Å².